The van der Waals surface area contributed by atoms with Crippen LogP contribution >= 0.6 is 22.9 Å². The van der Waals surface area contributed by atoms with Gasteiger partial charge in [-0.25, -0.2) is 0 Å². The molecule has 0 unspecified atom stereocenters. The third-order valence-electron chi connectivity index (χ3n) is 5.34. The van der Waals surface area contributed by atoms with E-state index in [1.54, 1.807) is 48.5 Å². The quantitative estimate of drug-likeness (QED) is 0.374. The second kappa shape index (κ2) is 11.8. The molecular weight excluding hydrogens is 472 g/mol. The molecule has 0 fully saturated rings. The van der Waals surface area contributed by atoms with E-state index in [9.17, 15) is 9.59 Å². The summed E-state index contributed by atoms with van der Waals surface area (Å²) in [5.74, 6) is 0.0956. The monoisotopic (exact) mass is 496 g/mol. The third-order valence-corrected chi connectivity index (χ3v) is 6.48. The van der Waals surface area contributed by atoms with Gasteiger partial charge in [-0.15, -0.1) is 10.2 Å². The number of hydrogen-bond donors (Lipinski definition) is 2. The second-order valence-corrected chi connectivity index (χ2v) is 9.39. The van der Waals surface area contributed by atoms with Crippen molar-refractivity contribution in [2.75, 3.05) is 11.9 Å². The Hall–Kier alpha value is -3.23. The maximum atomic E-state index is 12.6. The molecule has 7 nitrogen and oxygen atoms in total. The number of rotatable bonds is 9. The van der Waals surface area contributed by atoms with Crippen LogP contribution in [0.4, 0.5) is 5.69 Å². The van der Waals surface area contributed by atoms with Crippen molar-refractivity contribution in [3.63, 3.8) is 0 Å². The van der Waals surface area contributed by atoms with Crippen molar-refractivity contribution in [1.82, 2.24) is 15.5 Å². The fourth-order valence-electron chi connectivity index (χ4n) is 3.57. The summed E-state index contributed by atoms with van der Waals surface area (Å²) >= 11 is 7.02. The van der Waals surface area contributed by atoms with Crippen molar-refractivity contribution in [1.29, 1.82) is 0 Å². The molecule has 2 N–H and O–H groups in total. The van der Waals surface area contributed by atoms with Gasteiger partial charge in [-0.1, -0.05) is 40.7 Å². The Kier molecular flexibility index (Phi) is 8.27. The number of amides is 2. The Morgan fingerprint density at radius 2 is 1.91 bits per heavy atom. The molecule has 34 heavy (non-hydrogen) atoms. The van der Waals surface area contributed by atoms with Crippen molar-refractivity contribution in [2.45, 2.75) is 38.7 Å². The van der Waals surface area contributed by atoms with Gasteiger partial charge in [0.25, 0.3) is 11.8 Å². The van der Waals surface area contributed by atoms with Crippen LogP contribution in [0.5, 0.6) is 5.75 Å². The molecular formula is C25H25ClN4O3S. The van der Waals surface area contributed by atoms with E-state index >= 15 is 0 Å². The maximum absolute atomic E-state index is 12.6. The summed E-state index contributed by atoms with van der Waals surface area (Å²) in [5.41, 5.74) is 2.43. The molecule has 2 aromatic carbocycles. The number of benzene rings is 2. The number of nitrogens with one attached hydrogen (secondary N) is 2. The Labute approximate surface area is 207 Å². The van der Waals surface area contributed by atoms with E-state index in [-0.39, 0.29) is 17.5 Å². The predicted molar refractivity (Wildman–Crippen MR) is 134 cm³/mol. The van der Waals surface area contributed by atoms with E-state index in [0.29, 0.717) is 33.6 Å². The highest BCUT2D eigenvalue weighted by atomic mass is 35.5. The number of nitrogens with zero attached hydrogens (tertiary/aromatic N) is 2. The highest BCUT2D eigenvalue weighted by Crippen LogP contribution is 2.20. The highest BCUT2D eigenvalue weighted by Gasteiger charge is 2.15. The average molecular weight is 497 g/mol. The standard InChI is InChI=1S/C25H25ClN4O3S/c26-19-9-11-21(12-10-19)33-16-22-29-30-25(34-22)24(32)28-20-8-4-7-18(15-20)23(31)27-14-13-17-5-2-1-3-6-17/h4-5,7-12,15H,1-3,6,13-14,16H2,(H,27,31)(H,28,32). The lowest BCUT2D eigenvalue weighted by Crippen LogP contribution is -2.25. The van der Waals surface area contributed by atoms with Crippen LogP contribution in [0.3, 0.4) is 0 Å². The summed E-state index contributed by atoms with van der Waals surface area (Å²) in [5, 5.41) is 15.1. The number of carbonyl (C=O) groups is 2. The van der Waals surface area contributed by atoms with Gasteiger partial charge >= 0.3 is 0 Å². The lowest BCUT2D eigenvalue weighted by Gasteiger charge is -2.13. The Balaban J connectivity index is 1.28. The van der Waals surface area contributed by atoms with Crippen LogP contribution in [0.2, 0.25) is 5.02 Å². The highest BCUT2D eigenvalue weighted by molar-refractivity contribution is 7.13. The SMILES string of the molecule is O=C(NCCC1=CCCCC1)c1cccc(NC(=O)c2nnc(COc3ccc(Cl)cc3)s2)c1. The fourth-order valence-corrected chi connectivity index (χ4v) is 4.35. The van der Waals surface area contributed by atoms with E-state index < -0.39 is 5.91 Å². The van der Waals surface area contributed by atoms with E-state index in [1.165, 1.54) is 18.4 Å². The van der Waals surface area contributed by atoms with Gasteiger partial charge < -0.3 is 15.4 Å². The lowest BCUT2D eigenvalue weighted by atomic mass is 9.97. The van der Waals surface area contributed by atoms with Crippen molar-refractivity contribution >= 4 is 40.4 Å². The fraction of sp³-hybridized carbons (Fsp3) is 0.280. The topological polar surface area (TPSA) is 93.2 Å². The largest absolute Gasteiger partial charge is 0.486 e. The molecule has 4 rings (SSSR count). The van der Waals surface area contributed by atoms with Crippen LogP contribution in [0.25, 0.3) is 0 Å². The number of allylic oxidation sites excluding steroid dienone is 1. The summed E-state index contributed by atoms with van der Waals surface area (Å²) < 4.78 is 5.64. The molecule has 0 saturated carbocycles. The number of halogens is 1. The number of anilines is 1. The molecule has 2 amide bonds. The van der Waals surface area contributed by atoms with Gasteiger partial charge in [-0.3, -0.25) is 9.59 Å². The molecule has 0 atom stereocenters. The van der Waals surface area contributed by atoms with E-state index in [0.717, 1.165) is 30.6 Å². The summed E-state index contributed by atoms with van der Waals surface area (Å²) in [6.45, 7) is 0.798. The zero-order chi connectivity index (χ0) is 23.8. The van der Waals surface area contributed by atoms with E-state index in [2.05, 4.69) is 26.9 Å². The molecule has 0 bridgehead atoms. The Morgan fingerprint density at radius 3 is 2.71 bits per heavy atom. The first-order valence-electron chi connectivity index (χ1n) is 11.1. The molecule has 0 spiro atoms. The zero-order valence-electron chi connectivity index (χ0n) is 18.6. The van der Waals surface area contributed by atoms with Crippen LogP contribution in [0.15, 0.2) is 60.2 Å². The Bertz CT molecular complexity index is 1180. The van der Waals surface area contributed by atoms with Crippen LogP contribution in [-0.2, 0) is 6.61 Å². The molecule has 1 heterocycles. The smallest absolute Gasteiger partial charge is 0.286 e. The predicted octanol–water partition coefficient (Wildman–Crippen LogP) is 5.64. The normalized spacial score (nSPS) is 13.1. The van der Waals surface area contributed by atoms with Gasteiger partial charge in [0.2, 0.25) is 5.01 Å². The second-order valence-electron chi connectivity index (χ2n) is 7.89. The average Bonchev–Trinajstić information content (AvgIpc) is 3.34. The molecule has 1 aliphatic rings. The van der Waals surface area contributed by atoms with Crippen molar-refractivity contribution in [3.05, 3.63) is 80.8 Å². The molecule has 1 aromatic heterocycles. The van der Waals surface area contributed by atoms with Crippen LogP contribution in [0.1, 0.15) is 57.3 Å². The van der Waals surface area contributed by atoms with Gasteiger partial charge in [-0.2, -0.15) is 0 Å². The van der Waals surface area contributed by atoms with E-state index in [1.807, 2.05) is 0 Å². The molecule has 1 aliphatic carbocycles. The Morgan fingerprint density at radius 1 is 1.06 bits per heavy atom. The number of carbonyl (C=O) groups excluding carboxylic acids is 2. The lowest BCUT2D eigenvalue weighted by molar-refractivity contribution is 0.0952. The summed E-state index contributed by atoms with van der Waals surface area (Å²) in [6, 6.07) is 13.8. The van der Waals surface area contributed by atoms with Crippen molar-refractivity contribution in [3.8, 4) is 5.75 Å². The molecule has 9 heteroatoms. The summed E-state index contributed by atoms with van der Waals surface area (Å²) in [7, 11) is 0. The van der Waals surface area contributed by atoms with Gasteiger partial charge in [0.1, 0.15) is 12.4 Å². The number of ether oxygens (including phenoxy) is 1. The first-order valence-corrected chi connectivity index (χ1v) is 12.3. The van der Waals surface area contributed by atoms with Crippen molar-refractivity contribution in [2.24, 2.45) is 0 Å². The molecule has 0 radical (unpaired) electrons. The molecule has 0 saturated heterocycles. The van der Waals surface area contributed by atoms with Gasteiger partial charge in [0.05, 0.1) is 0 Å². The summed E-state index contributed by atoms with van der Waals surface area (Å²) in [4.78, 5) is 25.1. The minimum atomic E-state index is -0.392. The molecule has 0 aliphatic heterocycles. The third kappa shape index (κ3) is 6.88. The first kappa shape index (κ1) is 23.9. The number of aromatic nitrogens is 2. The van der Waals surface area contributed by atoms with E-state index in [4.69, 9.17) is 16.3 Å². The van der Waals surface area contributed by atoms with Crippen LogP contribution in [0, 0.1) is 0 Å². The first-order chi connectivity index (χ1) is 16.6. The zero-order valence-corrected chi connectivity index (χ0v) is 20.1. The van der Waals surface area contributed by atoms with Crippen LogP contribution in [-0.4, -0.2) is 28.6 Å². The molecule has 176 valence electrons. The van der Waals surface area contributed by atoms with Crippen LogP contribution < -0.4 is 15.4 Å². The maximum Gasteiger partial charge on any atom is 0.286 e. The van der Waals surface area contributed by atoms with Gasteiger partial charge in [-0.05, 0) is 74.6 Å². The van der Waals surface area contributed by atoms with Crippen molar-refractivity contribution < 1.29 is 14.3 Å². The minimum absolute atomic E-state index is 0.162. The minimum Gasteiger partial charge on any atom is -0.486 e. The van der Waals surface area contributed by atoms with Gasteiger partial charge in [0, 0.05) is 22.8 Å². The molecule has 3 aromatic rings. The summed E-state index contributed by atoms with van der Waals surface area (Å²) in [6.07, 6.45) is 7.91. The number of hydrogen-bond acceptors (Lipinski definition) is 6. The van der Waals surface area contributed by atoms with Gasteiger partial charge in [0.15, 0.2) is 5.01 Å².